The number of hydrogen-bond acceptors (Lipinski definition) is 2. The van der Waals surface area contributed by atoms with Crippen LogP contribution in [0, 0.1) is 11.3 Å². The molecular weight excluding hydrogens is 190 g/mol. The van der Waals surface area contributed by atoms with Crippen LogP contribution in [0.1, 0.15) is 39.0 Å². The van der Waals surface area contributed by atoms with E-state index in [0.717, 1.165) is 51.7 Å². The molecule has 1 spiro atoms. The largest absolute Gasteiger partial charge is 0.481 e. The van der Waals surface area contributed by atoms with Gasteiger partial charge in [-0.3, -0.25) is 4.79 Å². The second kappa shape index (κ2) is 4.12. The van der Waals surface area contributed by atoms with E-state index in [0.29, 0.717) is 0 Å². The highest BCUT2D eigenvalue weighted by atomic mass is 16.4. The summed E-state index contributed by atoms with van der Waals surface area (Å²) >= 11 is 0. The Hall–Kier alpha value is -0.570. The molecule has 0 aromatic rings. The van der Waals surface area contributed by atoms with Crippen LogP contribution in [0.25, 0.3) is 0 Å². The van der Waals surface area contributed by atoms with Gasteiger partial charge in [0.25, 0.3) is 0 Å². The highest BCUT2D eigenvalue weighted by Gasteiger charge is 2.47. The van der Waals surface area contributed by atoms with Crippen LogP contribution in [0.15, 0.2) is 0 Å². The maximum absolute atomic E-state index is 11.2. The standard InChI is InChI=1S/C12H21NO2/c1-2-13-8-6-12(7-9-13)5-3-4-10(12)11(14)15/h10H,2-9H2,1H3,(H,14,15). The highest BCUT2D eigenvalue weighted by molar-refractivity contribution is 5.71. The van der Waals surface area contributed by atoms with Crippen molar-refractivity contribution in [1.29, 1.82) is 0 Å². The number of carboxylic acid groups (broad SMARTS) is 1. The molecule has 15 heavy (non-hydrogen) atoms. The molecule has 1 unspecified atom stereocenters. The lowest BCUT2D eigenvalue weighted by atomic mass is 9.70. The van der Waals surface area contributed by atoms with Crippen LogP contribution in [0.5, 0.6) is 0 Å². The van der Waals surface area contributed by atoms with Crippen molar-refractivity contribution in [2.75, 3.05) is 19.6 Å². The van der Waals surface area contributed by atoms with Crippen molar-refractivity contribution in [1.82, 2.24) is 4.90 Å². The van der Waals surface area contributed by atoms with Gasteiger partial charge in [0.15, 0.2) is 0 Å². The topological polar surface area (TPSA) is 40.5 Å². The quantitative estimate of drug-likeness (QED) is 0.759. The van der Waals surface area contributed by atoms with Gasteiger partial charge in [-0.15, -0.1) is 0 Å². The summed E-state index contributed by atoms with van der Waals surface area (Å²) in [7, 11) is 0. The number of aliphatic carboxylic acids is 1. The van der Waals surface area contributed by atoms with Gasteiger partial charge in [-0.2, -0.15) is 0 Å². The second-order valence-corrected chi connectivity index (χ2v) is 5.08. The van der Waals surface area contributed by atoms with Crippen LogP contribution in [-0.4, -0.2) is 35.6 Å². The van der Waals surface area contributed by atoms with Crippen LogP contribution in [-0.2, 0) is 4.79 Å². The van der Waals surface area contributed by atoms with Crippen molar-refractivity contribution in [3.05, 3.63) is 0 Å². The fourth-order valence-corrected chi connectivity index (χ4v) is 3.44. The Labute approximate surface area is 91.5 Å². The normalized spacial score (nSPS) is 30.9. The summed E-state index contributed by atoms with van der Waals surface area (Å²) in [5.41, 5.74) is 0.150. The number of piperidine rings is 1. The third-order valence-electron chi connectivity index (χ3n) is 4.50. The van der Waals surface area contributed by atoms with E-state index in [-0.39, 0.29) is 11.3 Å². The van der Waals surface area contributed by atoms with Crippen molar-refractivity contribution in [3.8, 4) is 0 Å². The third kappa shape index (κ3) is 1.89. The van der Waals surface area contributed by atoms with Crippen molar-refractivity contribution in [2.45, 2.75) is 39.0 Å². The molecule has 1 saturated heterocycles. The molecule has 3 nitrogen and oxygen atoms in total. The molecule has 1 atom stereocenters. The summed E-state index contributed by atoms with van der Waals surface area (Å²) in [6.45, 7) is 5.48. The molecule has 2 fully saturated rings. The molecule has 2 rings (SSSR count). The zero-order chi connectivity index (χ0) is 10.9. The summed E-state index contributed by atoms with van der Waals surface area (Å²) in [6, 6.07) is 0. The number of hydrogen-bond donors (Lipinski definition) is 1. The van der Waals surface area contributed by atoms with Gasteiger partial charge < -0.3 is 10.0 Å². The summed E-state index contributed by atoms with van der Waals surface area (Å²) < 4.78 is 0. The zero-order valence-corrected chi connectivity index (χ0v) is 9.54. The summed E-state index contributed by atoms with van der Waals surface area (Å²) in [5, 5.41) is 9.24. The van der Waals surface area contributed by atoms with Gasteiger partial charge in [-0.25, -0.2) is 0 Å². The molecule has 3 heteroatoms. The Balaban J connectivity index is 2.04. The minimum Gasteiger partial charge on any atom is -0.481 e. The van der Waals surface area contributed by atoms with Crippen LogP contribution in [0.2, 0.25) is 0 Å². The van der Waals surface area contributed by atoms with Gasteiger partial charge in [-0.1, -0.05) is 13.3 Å². The van der Waals surface area contributed by atoms with E-state index in [1.54, 1.807) is 0 Å². The average molecular weight is 211 g/mol. The molecule has 1 heterocycles. The lowest BCUT2D eigenvalue weighted by molar-refractivity contribution is -0.146. The van der Waals surface area contributed by atoms with E-state index in [1.165, 1.54) is 0 Å². The predicted molar refractivity (Wildman–Crippen MR) is 58.8 cm³/mol. The molecule has 1 saturated carbocycles. The maximum atomic E-state index is 11.2. The van der Waals surface area contributed by atoms with E-state index >= 15 is 0 Å². The van der Waals surface area contributed by atoms with E-state index in [9.17, 15) is 9.90 Å². The first-order chi connectivity index (χ1) is 7.18. The smallest absolute Gasteiger partial charge is 0.307 e. The minimum absolute atomic E-state index is 0.0588. The van der Waals surface area contributed by atoms with Crippen molar-refractivity contribution >= 4 is 5.97 Å². The fourth-order valence-electron chi connectivity index (χ4n) is 3.44. The Morgan fingerprint density at radius 2 is 2.07 bits per heavy atom. The van der Waals surface area contributed by atoms with Crippen LogP contribution in [0.4, 0.5) is 0 Å². The number of nitrogens with zero attached hydrogens (tertiary/aromatic N) is 1. The molecule has 0 aromatic heterocycles. The molecule has 1 aliphatic heterocycles. The third-order valence-corrected chi connectivity index (χ3v) is 4.50. The first-order valence-electron chi connectivity index (χ1n) is 6.13. The molecule has 2 aliphatic rings. The van der Waals surface area contributed by atoms with Gasteiger partial charge in [0.2, 0.25) is 0 Å². The van der Waals surface area contributed by atoms with Crippen molar-refractivity contribution in [2.24, 2.45) is 11.3 Å². The Morgan fingerprint density at radius 1 is 1.40 bits per heavy atom. The molecular formula is C12H21NO2. The van der Waals surface area contributed by atoms with E-state index in [4.69, 9.17) is 0 Å². The van der Waals surface area contributed by atoms with Crippen LogP contribution in [0.3, 0.4) is 0 Å². The monoisotopic (exact) mass is 211 g/mol. The van der Waals surface area contributed by atoms with Crippen LogP contribution < -0.4 is 0 Å². The molecule has 0 aromatic carbocycles. The first kappa shape index (κ1) is 10.9. The van der Waals surface area contributed by atoms with Gasteiger partial charge in [0.05, 0.1) is 5.92 Å². The predicted octanol–water partition coefficient (Wildman–Crippen LogP) is 1.97. The number of carboxylic acids is 1. The molecule has 1 N–H and O–H groups in total. The lowest BCUT2D eigenvalue weighted by Gasteiger charge is -2.41. The Kier molecular flexibility index (Phi) is 3.01. The maximum Gasteiger partial charge on any atom is 0.307 e. The SMILES string of the molecule is CCN1CCC2(CCCC2C(=O)O)CC1. The van der Waals surface area contributed by atoms with E-state index in [2.05, 4.69) is 11.8 Å². The lowest BCUT2D eigenvalue weighted by Crippen LogP contribution is -2.43. The number of rotatable bonds is 2. The minimum atomic E-state index is -0.558. The Bertz CT molecular complexity index is 244. The number of carbonyl (C=O) groups is 1. The molecule has 0 amide bonds. The summed E-state index contributed by atoms with van der Waals surface area (Å²) in [6.07, 6.45) is 5.35. The van der Waals surface area contributed by atoms with E-state index in [1.807, 2.05) is 0 Å². The molecule has 0 bridgehead atoms. The molecule has 0 radical (unpaired) electrons. The second-order valence-electron chi connectivity index (χ2n) is 5.08. The van der Waals surface area contributed by atoms with E-state index < -0.39 is 5.97 Å². The summed E-state index contributed by atoms with van der Waals surface area (Å²) in [5.74, 6) is -0.617. The zero-order valence-electron chi connectivity index (χ0n) is 9.54. The van der Waals surface area contributed by atoms with Gasteiger partial charge in [-0.05, 0) is 50.7 Å². The molecule has 86 valence electrons. The first-order valence-corrected chi connectivity index (χ1v) is 6.13. The van der Waals surface area contributed by atoms with Crippen molar-refractivity contribution in [3.63, 3.8) is 0 Å². The Morgan fingerprint density at radius 3 is 2.60 bits per heavy atom. The highest BCUT2D eigenvalue weighted by Crippen LogP contribution is 2.50. The van der Waals surface area contributed by atoms with Crippen molar-refractivity contribution < 1.29 is 9.90 Å². The number of likely N-dealkylation sites (tertiary alicyclic amines) is 1. The average Bonchev–Trinajstić information content (AvgIpc) is 2.63. The summed E-state index contributed by atoms with van der Waals surface area (Å²) in [4.78, 5) is 13.6. The van der Waals surface area contributed by atoms with Gasteiger partial charge >= 0.3 is 5.97 Å². The van der Waals surface area contributed by atoms with Crippen LogP contribution >= 0.6 is 0 Å². The molecule has 1 aliphatic carbocycles. The van der Waals surface area contributed by atoms with Gasteiger partial charge in [0, 0.05) is 0 Å². The van der Waals surface area contributed by atoms with Gasteiger partial charge in [0.1, 0.15) is 0 Å². The fraction of sp³-hybridized carbons (Fsp3) is 0.917.